The summed E-state index contributed by atoms with van der Waals surface area (Å²) in [6.07, 6.45) is 0. The largest absolute Gasteiger partial charge is 0.382 e. The Morgan fingerprint density at radius 3 is 2.61 bits per heavy atom. The molecule has 1 unspecified atom stereocenters. The van der Waals surface area contributed by atoms with Crippen LogP contribution in [0.4, 0.5) is 11.6 Å². The van der Waals surface area contributed by atoms with E-state index in [-0.39, 0.29) is 33.2 Å². The molecule has 2 aromatic heterocycles. The fourth-order valence-corrected chi connectivity index (χ4v) is 3.79. The van der Waals surface area contributed by atoms with Gasteiger partial charge in [-0.2, -0.15) is 10.5 Å². The van der Waals surface area contributed by atoms with Gasteiger partial charge < -0.3 is 11.1 Å². The molecule has 162 valence electrons. The summed E-state index contributed by atoms with van der Waals surface area (Å²) in [6.45, 7) is 3.44. The Bertz CT molecular complexity index is 1550. The maximum Gasteiger partial charge on any atom is 0.267 e. The van der Waals surface area contributed by atoms with Crippen LogP contribution in [0.25, 0.3) is 16.6 Å². The number of nitrogens with two attached hydrogens (primary N) is 1. The number of fused-ring (bicyclic) bond motifs is 1. The van der Waals surface area contributed by atoms with Gasteiger partial charge in [0.15, 0.2) is 5.82 Å². The number of hydrogen-bond donors (Lipinski definition) is 2. The Morgan fingerprint density at radius 2 is 1.88 bits per heavy atom. The molecule has 0 saturated heterocycles. The van der Waals surface area contributed by atoms with Crippen molar-refractivity contribution in [1.82, 2.24) is 19.5 Å². The third-order valence-electron chi connectivity index (χ3n) is 5.01. The normalized spacial score (nSPS) is 11.5. The van der Waals surface area contributed by atoms with Crippen LogP contribution in [0, 0.1) is 29.6 Å². The lowest BCUT2D eigenvalue weighted by Gasteiger charge is -2.21. The first-order valence-corrected chi connectivity index (χ1v) is 10.2. The molecule has 0 amide bonds. The van der Waals surface area contributed by atoms with E-state index in [1.165, 1.54) is 4.57 Å². The van der Waals surface area contributed by atoms with Crippen molar-refractivity contribution in [2.75, 3.05) is 11.1 Å². The average molecular weight is 457 g/mol. The van der Waals surface area contributed by atoms with Crippen molar-refractivity contribution in [2.24, 2.45) is 0 Å². The van der Waals surface area contributed by atoms with Crippen molar-refractivity contribution in [1.29, 1.82) is 10.5 Å². The molecular formula is C23H17ClN8O. The molecule has 4 rings (SSSR count). The highest BCUT2D eigenvalue weighted by molar-refractivity contribution is 6.35. The van der Waals surface area contributed by atoms with E-state index < -0.39 is 6.04 Å². The summed E-state index contributed by atoms with van der Waals surface area (Å²) in [4.78, 5) is 26.6. The number of rotatable bonds is 4. The summed E-state index contributed by atoms with van der Waals surface area (Å²) in [6, 6.07) is 15.1. The van der Waals surface area contributed by atoms with Gasteiger partial charge in [-0.05, 0) is 44.2 Å². The highest BCUT2D eigenvalue weighted by Crippen LogP contribution is 2.26. The first kappa shape index (κ1) is 21.8. The first-order valence-electron chi connectivity index (χ1n) is 9.86. The zero-order valence-corrected chi connectivity index (χ0v) is 18.4. The van der Waals surface area contributed by atoms with E-state index in [1.54, 1.807) is 56.3 Å². The number of aromatic nitrogens is 4. The zero-order valence-electron chi connectivity index (χ0n) is 17.7. The second-order valence-corrected chi connectivity index (χ2v) is 7.67. The molecule has 0 fully saturated rings. The molecule has 33 heavy (non-hydrogen) atoms. The van der Waals surface area contributed by atoms with Gasteiger partial charge in [0.1, 0.15) is 29.1 Å². The minimum absolute atomic E-state index is 0.0528. The quantitative estimate of drug-likeness (QED) is 0.473. The number of hydrogen-bond acceptors (Lipinski definition) is 8. The van der Waals surface area contributed by atoms with Crippen LogP contribution < -0.4 is 16.6 Å². The lowest BCUT2D eigenvalue weighted by molar-refractivity contribution is 0.729. The monoisotopic (exact) mass is 456 g/mol. The lowest BCUT2D eigenvalue weighted by atomic mass is 10.1. The minimum atomic E-state index is -0.590. The molecule has 9 nitrogen and oxygen atoms in total. The van der Waals surface area contributed by atoms with Gasteiger partial charge in [-0.15, -0.1) is 0 Å². The third kappa shape index (κ3) is 3.93. The van der Waals surface area contributed by atoms with Gasteiger partial charge in [0.2, 0.25) is 0 Å². The van der Waals surface area contributed by atoms with Crippen LogP contribution in [0.1, 0.15) is 35.7 Å². The number of anilines is 2. The molecule has 3 N–H and O–H groups in total. The van der Waals surface area contributed by atoms with Crippen molar-refractivity contribution < 1.29 is 0 Å². The molecule has 4 aromatic rings. The summed E-state index contributed by atoms with van der Waals surface area (Å²) >= 11 is 6.33. The fourth-order valence-electron chi connectivity index (χ4n) is 3.54. The summed E-state index contributed by atoms with van der Waals surface area (Å²) in [5.74, 6) is 1.01. The van der Waals surface area contributed by atoms with Crippen LogP contribution in [0.2, 0.25) is 5.02 Å². The molecule has 0 radical (unpaired) electrons. The zero-order chi connectivity index (χ0) is 23.7. The lowest BCUT2D eigenvalue weighted by Crippen LogP contribution is -2.28. The number of nitriles is 2. The summed E-state index contributed by atoms with van der Waals surface area (Å²) < 4.78 is 1.40. The van der Waals surface area contributed by atoms with Gasteiger partial charge in [-0.3, -0.25) is 9.36 Å². The molecule has 0 aliphatic carbocycles. The van der Waals surface area contributed by atoms with Crippen LogP contribution in [0.3, 0.4) is 0 Å². The van der Waals surface area contributed by atoms with Gasteiger partial charge in [-0.1, -0.05) is 23.7 Å². The van der Waals surface area contributed by atoms with Crippen LogP contribution >= 0.6 is 11.6 Å². The molecular weight excluding hydrogens is 440 g/mol. The Morgan fingerprint density at radius 1 is 1.12 bits per heavy atom. The third-order valence-corrected chi connectivity index (χ3v) is 5.32. The van der Waals surface area contributed by atoms with Gasteiger partial charge in [0.25, 0.3) is 5.56 Å². The predicted molar refractivity (Wildman–Crippen MR) is 125 cm³/mol. The Hall–Kier alpha value is -4.47. The number of halogens is 1. The fraction of sp³-hybridized carbons (Fsp3) is 0.130. The highest BCUT2D eigenvalue weighted by atomic mass is 35.5. The van der Waals surface area contributed by atoms with Crippen molar-refractivity contribution in [3.8, 4) is 17.8 Å². The Kier molecular flexibility index (Phi) is 5.65. The number of nitrogen functional groups attached to an aromatic ring is 1. The van der Waals surface area contributed by atoms with E-state index in [0.717, 1.165) is 0 Å². The molecule has 2 heterocycles. The van der Waals surface area contributed by atoms with Gasteiger partial charge in [0.05, 0.1) is 39.3 Å². The van der Waals surface area contributed by atoms with Gasteiger partial charge in [-0.25, -0.2) is 15.0 Å². The van der Waals surface area contributed by atoms with Crippen molar-refractivity contribution in [3.63, 3.8) is 0 Å². The molecule has 0 aliphatic heterocycles. The smallest absolute Gasteiger partial charge is 0.267 e. The SMILES string of the molecule is Cc1nc(N)c(C#N)c(NC(C)c2nc3cccc(Cl)c3c(=O)n2-c2cccc(C#N)c2)n1. The average Bonchev–Trinajstić information content (AvgIpc) is 2.78. The maximum atomic E-state index is 13.6. The van der Waals surface area contributed by atoms with E-state index in [9.17, 15) is 15.3 Å². The number of nitrogens with zero attached hydrogens (tertiary/aromatic N) is 6. The van der Waals surface area contributed by atoms with E-state index in [0.29, 0.717) is 28.4 Å². The number of benzene rings is 2. The number of aryl methyl sites for hydroxylation is 1. The molecule has 0 bridgehead atoms. The van der Waals surface area contributed by atoms with Crippen molar-refractivity contribution in [2.45, 2.75) is 19.9 Å². The van der Waals surface area contributed by atoms with Crippen molar-refractivity contribution >= 4 is 34.1 Å². The van der Waals surface area contributed by atoms with E-state index >= 15 is 0 Å². The molecule has 2 aromatic carbocycles. The second-order valence-electron chi connectivity index (χ2n) is 7.26. The van der Waals surface area contributed by atoms with E-state index in [4.69, 9.17) is 22.3 Å². The van der Waals surface area contributed by atoms with Crippen LogP contribution in [0.5, 0.6) is 0 Å². The van der Waals surface area contributed by atoms with Crippen LogP contribution in [-0.4, -0.2) is 19.5 Å². The summed E-state index contributed by atoms with van der Waals surface area (Å²) in [5, 5.41) is 22.5. The second kappa shape index (κ2) is 8.58. The molecule has 0 saturated carbocycles. The molecule has 10 heteroatoms. The van der Waals surface area contributed by atoms with Gasteiger partial charge in [0, 0.05) is 0 Å². The van der Waals surface area contributed by atoms with E-state index in [1.807, 2.05) is 6.07 Å². The Balaban J connectivity index is 1.96. The molecule has 1 atom stereocenters. The minimum Gasteiger partial charge on any atom is -0.382 e. The van der Waals surface area contributed by atoms with Crippen LogP contribution in [-0.2, 0) is 0 Å². The molecule has 0 spiro atoms. The van der Waals surface area contributed by atoms with Crippen molar-refractivity contribution in [3.05, 3.63) is 80.6 Å². The standard InChI is InChI=1S/C23H17ClN8O/c1-12(28-21-16(11-26)20(27)29-13(2)30-21)22-31-18-8-4-7-17(24)19(18)23(33)32(22)15-6-3-5-14(9-15)10-25/h3-9,12H,1-2H3,(H3,27,28,29,30). The maximum absolute atomic E-state index is 13.6. The topological polar surface area (TPSA) is 146 Å². The van der Waals surface area contributed by atoms with Gasteiger partial charge >= 0.3 is 0 Å². The molecule has 0 aliphatic rings. The Labute approximate surface area is 193 Å². The van der Waals surface area contributed by atoms with Crippen LogP contribution in [0.15, 0.2) is 47.3 Å². The number of nitrogens with one attached hydrogen (secondary N) is 1. The summed E-state index contributed by atoms with van der Waals surface area (Å²) in [7, 11) is 0. The predicted octanol–water partition coefficient (Wildman–Crippen LogP) is 3.64. The summed E-state index contributed by atoms with van der Waals surface area (Å²) in [5.41, 5.74) is 6.85. The van der Waals surface area contributed by atoms with E-state index in [2.05, 4.69) is 21.4 Å². The highest BCUT2D eigenvalue weighted by Gasteiger charge is 2.21. The first-order chi connectivity index (χ1) is 15.8.